The predicted molar refractivity (Wildman–Crippen MR) is 100 cm³/mol. The number of ether oxygens (including phenoxy) is 1. The third kappa shape index (κ3) is 4.72. The molecule has 132 valence electrons. The van der Waals surface area contributed by atoms with Crippen molar-refractivity contribution in [2.24, 2.45) is 0 Å². The fraction of sp³-hybridized carbons (Fsp3) is 0.400. The maximum atomic E-state index is 12.4. The molecule has 2 aromatic rings. The van der Waals surface area contributed by atoms with E-state index in [0.717, 1.165) is 25.2 Å². The SMILES string of the molecule is CCCOc1cccc(C(=O)Nc2ccc(N3CCCCC3)cn2)c1. The van der Waals surface area contributed by atoms with Crippen molar-refractivity contribution in [1.82, 2.24) is 4.98 Å². The molecule has 1 aliphatic heterocycles. The molecule has 1 saturated heterocycles. The first-order valence-electron chi connectivity index (χ1n) is 9.01. The van der Waals surface area contributed by atoms with E-state index in [1.54, 1.807) is 12.1 Å². The summed E-state index contributed by atoms with van der Waals surface area (Å²) in [7, 11) is 0. The van der Waals surface area contributed by atoms with Crippen LogP contribution in [0.1, 0.15) is 43.0 Å². The fourth-order valence-corrected chi connectivity index (χ4v) is 2.93. The largest absolute Gasteiger partial charge is 0.494 e. The highest BCUT2D eigenvalue weighted by molar-refractivity contribution is 6.04. The highest BCUT2D eigenvalue weighted by atomic mass is 16.5. The first-order chi connectivity index (χ1) is 12.3. The summed E-state index contributed by atoms with van der Waals surface area (Å²) >= 11 is 0. The smallest absolute Gasteiger partial charge is 0.256 e. The van der Waals surface area contributed by atoms with E-state index in [1.807, 2.05) is 30.5 Å². The van der Waals surface area contributed by atoms with Gasteiger partial charge in [0.1, 0.15) is 11.6 Å². The van der Waals surface area contributed by atoms with Gasteiger partial charge < -0.3 is 15.0 Å². The molecule has 5 heteroatoms. The van der Waals surface area contributed by atoms with Gasteiger partial charge in [0, 0.05) is 18.7 Å². The summed E-state index contributed by atoms with van der Waals surface area (Å²) in [6, 6.07) is 11.1. The number of pyridine rings is 1. The van der Waals surface area contributed by atoms with E-state index in [-0.39, 0.29) is 5.91 Å². The first kappa shape index (κ1) is 17.3. The maximum Gasteiger partial charge on any atom is 0.256 e. The van der Waals surface area contributed by atoms with Crippen LogP contribution in [0.3, 0.4) is 0 Å². The van der Waals surface area contributed by atoms with Gasteiger partial charge in [0.25, 0.3) is 5.91 Å². The Kier molecular flexibility index (Phi) is 5.88. The normalized spacial score (nSPS) is 14.2. The highest BCUT2D eigenvalue weighted by Crippen LogP contribution is 2.20. The van der Waals surface area contributed by atoms with Gasteiger partial charge in [0.05, 0.1) is 18.5 Å². The molecule has 3 rings (SSSR count). The van der Waals surface area contributed by atoms with E-state index in [0.29, 0.717) is 23.7 Å². The van der Waals surface area contributed by atoms with E-state index in [1.165, 1.54) is 19.3 Å². The van der Waals surface area contributed by atoms with Crippen LogP contribution in [0.25, 0.3) is 0 Å². The molecule has 0 atom stereocenters. The van der Waals surface area contributed by atoms with Gasteiger partial charge in [-0.3, -0.25) is 4.79 Å². The number of anilines is 2. The van der Waals surface area contributed by atoms with Gasteiger partial charge in [0.2, 0.25) is 0 Å². The van der Waals surface area contributed by atoms with Gasteiger partial charge in [-0.1, -0.05) is 13.0 Å². The van der Waals surface area contributed by atoms with Crippen LogP contribution in [-0.4, -0.2) is 30.6 Å². The number of piperidine rings is 1. The Hall–Kier alpha value is -2.56. The maximum absolute atomic E-state index is 12.4. The molecule has 0 radical (unpaired) electrons. The number of rotatable bonds is 6. The Morgan fingerprint density at radius 3 is 2.76 bits per heavy atom. The van der Waals surface area contributed by atoms with Crippen molar-refractivity contribution in [2.75, 3.05) is 29.9 Å². The van der Waals surface area contributed by atoms with Gasteiger partial charge in [-0.15, -0.1) is 0 Å². The molecule has 5 nitrogen and oxygen atoms in total. The number of nitrogens with zero attached hydrogens (tertiary/aromatic N) is 2. The molecule has 1 fully saturated rings. The molecular formula is C20H25N3O2. The van der Waals surface area contributed by atoms with Crippen LogP contribution < -0.4 is 15.0 Å². The molecule has 25 heavy (non-hydrogen) atoms. The number of hydrogen-bond donors (Lipinski definition) is 1. The summed E-state index contributed by atoms with van der Waals surface area (Å²) < 4.78 is 5.58. The summed E-state index contributed by atoms with van der Waals surface area (Å²) in [5, 5.41) is 2.85. The van der Waals surface area contributed by atoms with Crippen LogP contribution in [0.15, 0.2) is 42.6 Å². The molecule has 1 aromatic heterocycles. The average molecular weight is 339 g/mol. The number of benzene rings is 1. The second-order valence-corrected chi connectivity index (χ2v) is 6.28. The molecule has 1 aliphatic rings. The second-order valence-electron chi connectivity index (χ2n) is 6.28. The lowest BCUT2D eigenvalue weighted by molar-refractivity contribution is 0.102. The van der Waals surface area contributed by atoms with Gasteiger partial charge in [0.15, 0.2) is 0 Å². The molecule has 1 amide bonds. The molecule has 1 aromatic carbocycles. The molecule has 0 aliphatic carbocycles. The van der Waals surface area contributed by atoms with Crippen LogP contribution in [-0.2, 0) is 0 Å². The average Bonchev–Trinajstić information content (AvgIpc) is 2.68. The quantitative estimate of drug-likeness (QED) is 0.860. The van der Waals surface area contributed by atoms with Crippen molar-refractivity contribution < 1.29 is 9.53 Å². The number of amides is 1. The summed E-state index contributed by atoms with van der Waals surface area (Å²) in [5.74, 6) is 1.09. The molecule has 1 N–H and O–H groups in total. The summed E-state index contributed by atoms with van der Waals surface area (Å²) in [6.45, 7) is 4.86. The topological polar surface area (TPSA) is 54.5 Å². The van der Waals surface area contributed by atoms with Crippen molar-refractivity contribution in [3.63, 3.8) is 0 Å². The van der Waals surface area contributed by atoms with Crippen LogP contribution in [0, 0.1) is 0 Å². The Balaban J connectivity index is 1.62. The number of aromatic nitrogens is 1. The molecule has 2 heterocycles. The van der Waals surface area contributed by atoms with E-state index in [9.17, 15) is 4.79 Å². The van der Waals surface area contributed by atoms with Crippen molar-refractivity contribution in [1.29, 1.82) is 0 Å². The van der Waals surface area contributed by atoms with E-state index in [2.05, 4.69) is 22.1 Å². The number of carbonyl (C=O) groups is 1. The standard InChI is InChI=1S/C20H25N3O2/c1-2-13-25-18-8-6-7-16(14-18)20(24)22-19-10-9-17(15-21-19)23-11-4-3-5-12-23/h6-10,14-15H,2-5,11-13H2,1H3,(H,21,22,24). The predicted octanol–water partition coefficient (Wildman–Crippen LogP) is 4.11. The van der Waals surface area contributed by atoms with Crippen molar-refractivity contribution in [3.8, 4) is 5.75 Å². The van der Waals surface area contributed by atoms with Gasteiger partial charge in [-0.05, 0) is 56.0 Å². The molecule has 0 saturated carbocycles. The third-order valence-corrected chi connectivity index (χ3v) is 4.28. The van der Waals surface area contributed by atoms with Crippen molar-refractivity contribution in [3.05, 3.63) is 48.2 Å². The highest BCUT2D eigenvalue weighted by Gasteiger charge is 2.12. The van der Waals surface area contributed by atoms with Crippen molar-refractivity contribution >= 4 is 17.4 Å². The minimum atomic E-state index is -0.180. The summed E-state index contributed by atoms with van der Waals surface area (Å²) in [5.41, 5.74) is 1.68. The summed E-state index contributed by atoms with van der Waals surface area (Å²) in [4.78, 5) is 19.1. The minimum Gasteiger partial charge on any atom is -0.494 e. The molecule has 0 spiro atoms. The van der Waals surface area contributed by atoms with Crippen LogP contribution in [0.5, 0.6) is 5.75 Å². The Labute approximate surface area is 149 Å². The van der Waals surface area contributed by atoms with Crippen LogP contribution in [0.2, 0.25) is 0 Å². The zero-order chi connectivity index (χ0) is 17.5. The third-order valence-electron chi connectivity index (χ3n) is 4.28. The fourth-order valence-electron chi connectivity index (χ4n) is 2.93. The zero-order valence-corrected chi connectivity index (χ0v) is 14.7. The zero-order valence-electron chi connectivity index (χ0n) is 14.7. The van der Waals surface area contributed by atoms with E-state index < -0.39 is 0 Å². The Bertz CT molecular complexity index is 694. The van der Waals surface area contributed by atoms with Gasteiger partial charge in [-0.25, -0.2) is 4.98 Å². The Morgan fingerprint density at radius 2 is 2.04 bits per heavy atom. The lowest BCUT2D eigenvalue weighted by Gasteiger charge is -2.28. The number of carbonyl (C=O) groups excluding carboxylic acids is 1. The van der Waals surface area contributed by atoms with Gasteiger partial charge >= 0.3 is 0 Å². The lowest BCUT2D eigenvalue weighted by atomic mass is 10.1. The first-order valence-corrected chi connectivity index (χ1v) is 9.01. The molecular weight excluding hydrogens is 314 g/mol. The van der Waals surface area contributed by atoms with Gasteiger partial charge in [-0.2, -0.15) is 0 Å². The Morgan fingerprint density at radius 1 is 1.20 bits per heavy atom. The second kappa shape index (κ2) is 8.51. The number of hydrogen-bond acceptors (Lipinski definition) is 4. The van der Waals surface area contributed by atoms with E-state index >= 15 is 0 Å². The van der Waals surface area contributed by atoms with Crippen LogP contribution >= 0.6 is 0 Å². The number of nitrogens with one attached hydrogen (secondary N) is 1. The van der Waals surface area contributed by atoms with E-state index in [4.69, 9.17) is 4.74 Å². The van der Waals surface area contributed by atoms with Crippen molar-refractivity contribution in [2.45, 2.75) is 32.6 Å². The van der Waals surface area contributed by atoms with Crippen LogP contribution in [0.4, 0.5) is 11.5 Å². The lowest BCUT2D eigenvalue weighted by Crippen LogP contribution is -2.29. The monoisotopic (exact) mass is 339 g/mol. The summed E-state index contributed by atoms with van der Waals surface area (Å²) in [6.07, 6.45) is 6.54. The minimum absolute atomic E-state index is 0.180. The molecule has 0 bridgehead atoms. The molecule has 0 unspecified atom stereocenters.